The van der Waals surface area contributed by atoms with Crippen LogP contribution in [-0.4, -0.2) is 16.8 Å². The third-order valence-electron chi connectivity index (χ3n) is 2.95. The molecule has 4 heteroatoms. The lowest BCUT2D eigenvalue weighted by molar-refractivity contribution is 0.357. The number of hydrogen-bond donors (Lipinski definition) is 2. The van der Waals surface area contributed by atoms with E-state index in [1.54, 1.807) is 0 Å². The average Bonchev–Trinajstić information content (AvgIpc) is 2.86. The van der Waals surface area contributed by atoms with Gasteiger partial charge in [-0.15, -0.1) is 0 Å². The van der Waals surface area contributed by atoms with E-state index in [1.807, 2.05) is 12.1 Å². The molecule has 0 aliphatic carbocycles. The maximum Gasteiger partial charge on any atom is 0.145 e. The SMILES string of the molecule is Cc1ccc2c(c1-c1cc(N)n[nH]1)CCO2. The number of hydrogen-bond acceptors (Lipinski definition) is 3. The number of nitrogen functional groups attached to an aromatic ring is 1. The molecule has 0 radical (unpaired) electrons. The zero-order valence-electron chi connectivity index (χ0n) is 9.08. The summed E-state index contributed by atoms with van der Waals surface area (Å²) in [7, 11) is 0. The van der Waals surface area contributed by atoms with Crippen molar-refractivity contribution < 1.29 is 4.74 Å². The van der Waals surface area contributed by atoms with Gasteiger partial charge < -0.3 is 10.5 Å². The maximum absolute atomic E-state index is 5.64. The second-order valence-electron chi connectivity index (χ2n) is 4.04. The summed E-state index contributed by atoms with van der Waals surface area (Å²) in [6.45, 7) is 2.85. The Bertz CT molecular complexity index is 545. The lowest BCUT2D eigenvalue weighted by Gasteiger charge is -2.08. The third kappa shape index (κ3) is 1.26. The highest BCUT2D eigenvalue weighted by Gasteiger charge is 2.19. The normalized spacial score (nSPS) is 13.6. The number of nitrogens with one attached hydrogen (secondary N) is 1. The van der Waals surface area contributed by atoms with Crippen LogP contribution in [0.15, 0.2) is 18.2 Å². The second kappa shape index (κ2) is 3.27. The van der Waals surface area contributed by atoms with E-state index in [2.05, 4.69) is 23.2 Å². The number of aryl methyl sites for hydroxylation is 1. The highest BCUT2D eigenvalue weighted by Crippen LogP contribution is 2.36. The quantitative estimate of drug-likeness (QED) is 0.763. The molecule has 0 saturated heterocycles. The second-order valence-corrected chi connectivity index (χ2v) is 4.04. The van der Waals surface area contributed by atoms with E-state index in [9.17, 15) is 0 Å². The number of nitrogens with two attached hydrogens (primary N) is 1. The van der Waals surface area contributed by atoms with E-state index in [-0.39, 0.29) is 0 Å². The molecule has 1 aromatic carbocycles. The van der Waals surface area contributed by atoms with E-state index >= 15 is 0 Å². The minimum atomic E-state index is 0.519. The van der Waals surface area contributed by atoms with Crippen molar-refractivity contribution in [1.29, 1.82) is 0 Å². The molecule has 0 fully saturated rings. The van der Waals surface area contributed by atoms with Crippen LogP contribution < -0.4 is 10.5 Å². The molecular weight excluding hydrogens is 202 g/mol. The van der Waals surface area contributed by atoms with Gasteiger partial charge in [-0.25, -0.2) is 0 Å². The van der Waals surface area contributed by atoms with Crippen molar-refractivity contribution in [1.82, 2.24) is 10.2 Å². The fourth-order valence-corrected chi connectivity index (χ4v) is 2.23. The Morgan fingerprint density at radius 2 is 2.31 bits per heavy atom. The lowest BCUT2D eigenvalue weighted by Crippen LogP contribution is -1.90. The molecule has 3 N–H and O–H groups in total. The first-order chi connectivity index (χ1) is 7.75. The van der Waals surface area contributed by atoms with E-state index in [1.165, 1.54) is 16.7 Å². The maximum atomic E-state index is 5.64. The number of fused-ring (bicyclic) bond motifs is 1. The molecular formula is C12H13N3O. The molecule has 82 valence electrons. The first-order valence-electron chi connectivity index (χ1n) is 5.32. The van der Waals surface area contributed by atoms with Gasteiger partial charge in [0.25, 0.3) is 0 Å². The molecule has 0 spiro atoms. The van der Waals surface area contributed by atoms with Crippen molar-refractivity contribution in [2.24, 2.45) is 0 Å². The molecule has 16 heavy (non-hydrogen) atoms. The molecule has 0 atom stereocenters. The smallest absolute Gasteiger partial charge is 0.145 e. The number of aromatic nitrogens is 2. The molecule has 0 amide bonds. The number of ether oxygens (including phenoxy) is 1. The molecule has 4 nitrogen and oxygen atoms in total. The van der Waals surface area contributed by atoms with Crippen molar-refractivity contribution in [2.75, 3.05) is 12.3 Å². The fraction of sp³-hybridized carbons (Fsp3) is 0.250. The summed E-state index contributed by atoms with van der Waals surface area (Å²) in [4.78, 5) is 0. The fourth-order valence-electron chi connectivity index (χ4n) is 2.23. The summed E-state index contributed by atoms with van der Waals surface area (Å²) in [6, 6.07) is 5.96. The van der Waals surface area contributed by atoms with Gasteiger partial charge in [-0.3, -0.25) is 5.10 Å². The Balaban J connectivity index is 2.23. The molecule has 0 saturated carbocycles. The highest BCUT2D eigenvalue weighted by atomic mass is 16.5. The van der Waals surface area contributed by atoms with E-state index in [0.29, 0.717) is 5.82 Å². The van der Waals surface area contributed by atoms with Crippen molar-refractivity contribution in [3.63, 3.8) is 0 Å². The first-order valence-corrected chi connectivity index (χ1v) is 5.32. The molecule has 0 bridgehead atoms. The van der Waals surface area contributed by atoms with Crippen LogP contribution in [0.4, 0.5) is 5.82 Å². The summed E-state index contributed by atoms with van der Waals surface area (Å²) < 4.78 is 5.56. The van der Waals surface area contributed by atoms with Crippen LogP contribution in [0.1, 0.15) is 11.1 Å². The Morgan fingerprint density at radius 1 is 1.44 bits per heavy atom. The Labute approximate surface area is 93.4 Å². The molecule has 3 rings (SSSR count). The Hall–Kier alpha value is -1.97. The predicted molar refractivity (Wildman–Crippen MR) is 62.4 cm³/mol. The molecule has 0 unspecified atom stereocenters. The Kier molecular flexibility index (Phi) is 1.89. The van der Waals surface area contributed by atoms with Crippen LogP contribution in [0.5, 0.6) is 5.75 Å². The van der Waals surface area contributed by atoms with Crippen LogP contribution in [0.2, 0.25) is 0 Å². The van der Waals surface area contributed by atoms with Gasteiger partial charge in [-0.2, -0.15) is 5.10 Å². The third-order valence-corrected chi connectivity index (χ3v) is 2.95. The van der Waals surface area contributed by atoms with Gasteiger partial charge in [-0.1, -0.05) is 6.07 Å². The van der Waals surface area contributed by atoms with Crippen LogP contribution in [-0.2, 0) is 6.42 Å². The minimum absolute atomic E-state index is 0.519. The van der Waals surface area contributed by atoms with Crippen molar-refractivity contribution in [3.05, 3.63) is 29.3 Å². The van der Waals surface area contributed by atoms with E-state index in [0.717, 1.165) is 24.5 Å². The van der Waals surface area contributed by atoms with Gasteiger partial charge in [0, 0.05) is 23.6 Å². The van der Waals surface area contributed by atoms with Crippen molar-refractivity contribution in [3.8, 4) is 17.0 Å². The minimum Gasteiger partial charge on any atom is -0.493 e. The summed E-state index contributed by atoms with van der Waals surface area (Å²) in [5, 5.41) is 6.93. The Morgan fingerprint density at radius 3 is 3.06 bits per heavy atom. The number of benzene rings is 1. The molecule has 1 aromatic heterocycles. The van der Waals surface area contributed by atoms with Gasteiger partial charge in [0.05, 0.1) is 12.3 Å². The lowest BCUT2D eigenvalue weighted by atomic mass is 9.97. The molecule has 1 aliphatic heterocycles. The van der Waals surface area contributed by atoms with Gasteiger partial charge in [0.2, 0.25) is 0 Å². The van der Waals surface area contributed by atoms with E-state index < -0.39 is 0 Å². The summed E-state index contributed by atoms with van der Waals surface area (Å²) >= 11 is 0. The summed E-state index contributed by atoms with van der Waals surface area (Å²) in [5.41, 5.74) is 10.3. The summed E-state index contributed by atoms with van der Waals surface area (Å²) in [6.07, 6.45) is 0.950. The van der Waals surface area contributed by atoms with Gasteiger partial charge in [0.1, 0.15) is 11.6 Å². The van der Waals surface area contributed by atoms with Crippen LogP contribution in [0, 0.1) is 6.92 Å². The van der Waals surface area contributed by atoms with Gasteiger partial charge in [-0.05, 0) is 18.6 Å². The predicted octanol–water partition coefficient (Wildman–Crippen LogP) is 1.90. The number of rotatable bonds is 1. The number of aromatic amines is 1. The zero-order chi connectivity index (χ0) is 11.1. The number of H-pyrrole nitrogens is 1. The van der Waals surface area contributed by atoms with Gasteiger partial charge >= 0.3 is 0 Å². The molecule has 1 aliphatic rings. The van der Waals surface area contributed by atoms with Gasteiger partial charge in [0.15, 0.2) is 0 Å². The average molecular weight is 215 g/mol. The van der Waals surface area contributed by atoms with Crippen molar-refractivity contribution in [2.45, 2.75) is 13.3 Å². The van der Waals surface area contributed by atoms with Crippen LogP contribution in [0.25, 0.3) is 11.3 Å². The van der Waals surface area contributed by atoms with Crippen LogP contribution in [0.3, 0.4) is 0 Å². The van der Waals surface area contributed by atoms with Crippen molar-refractivity contribution >= 4 is 5.82 Å². The summed E-state index contributed by atoms with van der Waals surface area (Å²) in [5.74, 6) is 1.50. The number of anilines is 1. The monoisotopic (exact) mass is 215 g/mol. The van der Waals surface area contributed by atoms with Crippen LogP contribution >= 0.6 is 0 Å². The first kappa shape index (κ1) is 9.27. The molecule has 2 heterocycles. The zero-order valence-corrected chi connectivity index (χ0v) is 9.08. The molecule has 2 aromatic rings. The standard InChI is InChI=1S/C12H13N3O/c1-7-2-3-10-8(4-5-16-10)12(7)9-6-11(13)15-14-9/h2-3,6H,4-5H2,1H3,(H3,13,14,15). The van der Waals surface area contributed by atoms with E-state index in [4.69, 9.17) is 10.5 Å². The number of nitrogens with zero attached hydrogens (tertiary/aromatic N) is 1. The highest BCUT2D eigenvalue weighted by molar-refractivity contribution is 5.72. The topological polar surface area (TPSA) is 63.9 Å². The largest absolute Gasteiger partial charge is 0.493 e.